The van der Waals surface area contributed by atoms with Gasteiger partial charge in [-0.2, -0.15) is 0 Å². The Morgan fingerprint density at radius 2 is 1.81 bits per heavy atom. The number of hydrogen-bond acceptors (Lipinski definition) is 3. The molecule has 2 saturated heterocycles. The van der Waals surface area contributed by atoms with Gasteiger partial charge in [-0.25, -0.2) is 4.79 Å². The number of likely N-dealkylation sites (N-methyl/N-ethyl adjacent to an activating group) is 1. The van der Waals surface area contributed by atoms with Crippen LogP contribution in [-0.2, 0) is 0 Å². The second-order valence-electron chi connectivity index (χ2n) is 4.76. The van der Waals surface area contributed by atoms with Crippen molar-refractivity contribution in [3.05, 3.63) is 0 Å². The van der Waals surface area contributed by atoms with Gasteiger partial charge in [-0.3, -0.25) is 0 Å². The van der Waals surface area contributed by atoms with Gasteiger partial charge in [-0.05, 0) is 33.0 Å². The lowest BCUT2D eigenvalue weighted by atomic mass is 10.1. The SMILES string of the molecule is CN1CCN(C(=O)NC2CCNCC2)CC1. The lowest BCUT2D eigenvalue weighted by molar-refractivity contribution is 0.150. The molecule has 92 valence electrons. The van der Waals surface area contributed by atoms with Crippen molar-refractivity contribution in [2.75, 3.05) is 46.3 Å². The molecule has 0 aromatic heterocycles. The summed E-state index contributed by atoms with van der Waals surface area (Å²) in [6, 6.07) is 0.494. The minimum atomic E-state index is 0.125. The predicted octanol–water partition coefficient (Wildman–Crippen LogP) is -0.305. The molecule has 0 atom stereocenters. The van der Waals surface area contributed by atoms with Crippen molar-refractivity contribution in [1.29, 1.82) is 0 Å². The van der Waals surface area contributed by atoms with E-state index >= 15 is 0 Å². The Balaban J connectivity index is 1.74. The minimum Gasteiger partial charge on any atom is -0.335 e. The standard InChI is InChI=1S/C11H22N4O/c1-14-6-8-15(9-7-14)11(16)13-10-2-4-12-5-3-10/h10,12H,2-9H2,1H3,(H,13,16). The third kappa shape index (κ3) is 3.09. The first-order valence-electron chi connectivity index (χ1n) is 6.20. The first-order chi connectivity index (χ1) is 7.75. The Labute approximate surface area is 97.2 Å². The molecule has 0 radical (unpaired) electrons. The van der Waals surface area contributed by atoms with Crippen molar-refractivity contribution in [1.82, 2.24) is 20.4 Å². The van der Waals surface area contributed by atoms with Crippen LogP contribution in [0, 0.1) is 0 Å². The van der Waals surface area contributed by atoms with Gasteiger partial charge in [0.15, 0.2) is 0 Å². The maximum atomic E-state index is 11.9. The van der Waals surface area contributed by atoms with Crippen LogP contribution < -0.4 is 10.6 Å². The van der Waals surface area contributed by atoms with E-state index in [4.69, 9.17) is 0 Å². The van der Waals surface area contributed by atoms with Crippen LogP contribution in [0.3, 0.4) is 0 Å². The van der Waals surface area contributed by atoms with Crippen molar-refractivity contribution in [3.8, 4) is 0 Å². The van der Waals surface area contributed by atoms with Crippen LogP contribution in [0.2, 0.25) is 0 Å². The van der Waals surface area contributed by atoms with Crippen molar-refractivity contribution in [3.63, 3.8) is 0 Å². The van der Waals surface area contributed by atoms with Gasteiger partial charge in [-0.15, -0.1) is 0 Å². The topological polar surface area (TPSA) is 47.6 Å². The van der Waals surface area contributed by atoms with E-state index in [0.29, 0.717) is 6.04 Å². The molecule has 0 aliphatic carbocycles. The smallest absolute Gasteiger partial charge is 0.317 e. The zero-order chi connectivity index (χ0) is 11.4. The number of nitrogens with one attached hydrogen (secondary N) is 2. The number of piperazine rings is 1. The second-order valence-corrected chi connectivity index (χ2v) is 4.76. The molecule has 2 fully saturated rings. The molecule has 16 heavy (non-hydrogen) atoms. The van der Waals surface area contributed by atoms with Gasteiger partial charge in [0.05, 0.1) is 0 Å². The Bertz CT molecular complexity index is 232. The maximum absolute atomic E-state index is 11.9. The van der Waals surface area contributed by atoms with Crippen molar-refractivity contribution >= 4 is 6.03 Å². The van der Waals surface area contributed by atoms with Gasteiger partial charge in [-0.1, -0.05) is 0 Å². The zero-order valence-corrected chi connectivity index (χ0v) is 10.0. The molecule has 2 rings (SSSR count). The van der Waals surface area contributed by atoms with E-state index < -0.39 is 0 Å². The van der Waals surface area contributed by atoms with E-state index in [9.17, 15) is 4.79 Å². The molecule has 5 nitrogen and oxygen atoms in total. The molecule has 2 heterocycles. The molecule has 2 amide bonds. The van der Waals surface area contributed by atoms with E-state index in [0.717, 1.165) is 52.1 Å². The fraction of sp³-hybridized carbons (Fsp3) is 0.909. The first-order valence-corrected chi connectivity index (χ1v) is 6.20. The fourth-order valence-electron chi connectivity index (χ4n) is 2.24. The molecule has 0 aromatic carbocycles. The third-order valence-electron chi connectivity index (χ3n) is 3.46. The van der Waals surface area contributed by atoms with E-state index in [1.807, 2.05) is 4.90 Å². The molecule has 0 bridgehead atoms. The average Bonchev–Trinajstić information content (AvgIpc) is 2.31. The van der Waals surface area contributed by atoms with Crippen LogP contribution in [0.15, 0.2) is 0 Å². The Kier molecular flexibility index (Phi) is 4.01. The first kappa shape index (κ1) is 11.7. The molecule has 2 N–H and O–H groups in total. The molecule has 2 aliphatic rings. The molecule has 2 aliphatic heterocycles. The number of amides is 2. The summed E-state index contributed by atoms with van der Waals surface area (Å²) in [7, 11) is 2.10. The Morgan fingerprint density at radius 3 is 2.44 bits per heavy atom. The summed E-state index contributed by atoms with van der Waals surface area (Å²) in [5.74, 6) is 0. The van der Waals surface area contributed by atoms with E-state index in [1.54, 1.807) is 0 Å². The van der Waals surface area contributed by atoms with Crippen molar-refractivity contribution in [2.24, 2.45) is 0 Å². The van der Waals surface area contributed by atoms with Crippen LogP contribution in [0.4, 0.5) is 4.79 Å². The Morgan fingerprint density at radius 1 is 1.19 bits per heavy atom. The van der Waals surface area contributed by atoms with Crippen molar-refractivity contribution in [2.45, 2.75) is 18.9 Å². The number of urea groups is 1. The zero-order valence-electron chi connectivity index (χ0n) is 10.0. The van der Waals surface area contributed by atoms with Crippen LogP contribution >= 0.6 is 0 Å². The summed E-state index contributed by atoms with van der Waals surface area (Å²) >= 11 is 0. The van der Waals surface area contributed by atoms with E-state index in [-0.39, 0.29) is 6.03 Å². The Hall–Kier alpha value is -0.810. The highest BCUT2D eigenvalue weighted by Crippen LogP contribution is 2.05. The normalized spacial score (nSPS) is 24.4. The quantitative estimate of drug-likeness (QED) is 0.645. The molecule has 0 saturated carbocycles. The largest absolute Gasteiger partial charge is 0.335 e. The summed E-state index contributed by atoms with van der Waals surface area (Å²) in [4.78, 5) is 16.1. The second kappa shape index (κ2) is 5.50. The number of carbonyl (C=O) groups is 1. The fourth-order valence-corrected chi connectivity index (χ4v) is 2.24. The van der Waals surface area contributed by atoms with Crippen LogP contribution in [-0.4, -0.2) is 68.2 Å². The number of carbonyl (C=O) groups excluding carboxylic acids is 1. The van der Waals surface area contributed by atoms with Crippen LogP contribution in [0.1, 0.15) is 12.8 Å². The lowest BCUT2D eigenvalue weighted by Crippen LogP contribution is -2.53. The van der Waals surface area contributed by atoms with Gasteiger partial charge in [0.1, 0.15) is 0 Å². The van der Waals surface area contributed by atoms with E-state index in [2.05, 4.69) is 22.6 Å². The highest BCUT2D eigenvalue weighted by atomic mass is 16.2. The minimum absolute atomic E-state index is 0.125. The number of hydrogen-bond donors (Lipinski definition) is 2. The van der Waals surface area contributed by atoms with Crippen LogP contribution in [0.5, 0.6) is 0 Å². The molecule has 0 unspecified atom stereocenters. The molecule has 0 aromatic rings. The van der Waals surface area contributed by atoms with Crippen LogP contribution in [0.25, 0.3) is 0 Å². The summed E-state index contributed by atoms with van der Waals surface area (Å²) in [6.07, 6.45) is 2.11. The van der Waals surface area contributed by atoms with Gasteiger partial charge >= 0.3 is 6.03 Å². The van der Waals surface area contributed by atoms with Gasteiger partial charge < -0.3 is 20.4 Å². The van der Waals surface area contributed by atoms with Gasteiger partial charge in [0.25, 0.3) is 0 Å². The lowest BCUT2D eigenvalue weighted by Gasteiger charge is -2.34. The summed E-state index contributed by atoms with van der Waals surface area (Å²) in [6.45, 7) is 5.72. The van der Waals surface area contributed by atoms with Gasteiger partial charge in [0.2, 0.25) is 0 Å². The highest BCUT2D eigenvalue weighted by molar-refractivity contribution is 5.74. The maximum Gasteiger partial charge on any atom is 0.317 e. The van der Waals surface area contributed by atoms with Crippen molar-refractivity contribution < 1.29 is 4.79 Å². The predicted molar refractivity (Wildman–Crippen MR) is 63.5 cm³/mol. The summed E-state index contributed by atoms with van der Waals surface area (Å²) in [5, 5.41) is 6.43. The highest BCUT2D eigenvalue weighted by Gasteiger charge is 2.22. The number of rotatable bonds is 1. The van der Waals surface area contributed by atoms with Gasteiger partial charge in [0, 0.05) is 32.2 Å². The van der Waals surface area contributed by atoms with E-state index in [1.165, 1.54) is 0 Å². The third-order valence-corrected chi connectivity index (χ3v) is 3.46. The number of piperidine rings is 1. The molecule has 0 spiro atoms. The monoisotopic (exact) mass is 226 g/mol. The summed E-state index contributed by atoms with van der Waals surface area (Å²) < 4.78 is 0. The number of nitrogens with zero attached hydrogens (tertiary/aromatic N) is 2. The molecular weight excluding hydrogens is 204 g/mol. The molecule has 5 heteroatoms. The summed E-state index contributed by atoms with van der Waals surface area (Å²) in [5.41, 5.74) is 0. The molecular formula is C11H22N4O. The average molecular weight is 226 g/mol.